The number of nitrogens with one attached hydrogen (secondary N) is 1. The lowest BCUT2D eigenvalue weighted by Crippen LogP contribution is -2.17. The average molecular weight is 294 g/mol. The van der Waals surface area contributed by atoms with Crippen LogP contribution in [0.5, 0.6) is 11.5 Å². The second-order valence-corrected chi connectivity index (χ2v) is 4.89. The van der Waals surface area contributed by atoms with E-state index in [0.29, 0.717) is 30.5 Å². The quantitative estimate of drug-likeness (QED) is 0.932. The van der Waals surface area contributed by atoms with Gasteiger partial charge in [0.1, 0.15) is 19.0 Å². The van der Waals surface area contributed by atoms with Crippen LogP contribution in [0.1, 0.15) is 5.56 Å². The van der Waals surface area contributed by atoms with Gasteiger partial charge in [-0.05, 0) is 24.3 Å². The summed E-state index contributed by atoms with van der Waals surface area (Å²) in [5.74, 6) is 1.12. The molecule has 0 unspecified atom stereocenters. The molecule has 0 bridgehead atoms. The van der Waals surface area contributed by atoms with Crippen LogP contribution in [0.25, 0.3) is 0 Å². The predicted octanol–water partition coefficient (Wildman–Crippen LogP) is 3.86. The Balaban J connectivity index is 1.78. The fourth-order valence-corrected chi connectivity index (χ4v) is 2.35. The van der Waals surface area contributed by atoms with Crippen molar-refractivity contribution in [2.24, 2.45) is 0 Å². The van der Waals surface area contributed by atoms with E-state index in [4.69, 9.17) is 21.1 Å². The molecule has 1 heterocycles. The monoisotopic (exact) mass is 293 g/mol. The third kappa shape index (κ3) is 2.80. The Kier molecular flexibility index (Phi) is 3.65. The lowest BCUT2D eigenvalue weighted by molar-refractivity contribution is 0.170. The molecule has 3 rings (SSSR count). The molecule has 0 amide bonds. The molecule has 1 aliphatic heterocycles. The van der Waals surface area contributed by atoms with E-state index in [1.165, 1.54) is 12.1 Å². The topological polar surface area (TPSA) is 30.5 Å². The van der Waals surface area contributed by atoms with Crippen molar-refractivity contribution in [3.8, 4) is 11.5 Å². The van der Waals surface area contributed by atoms with Gasteiger partial charge >= 0.3 is 0 Å². The van der Waals surface area contributed by atoms with E-state index in [2.05, 4.69) is 5.32 Å². The molecule has 1 aliphatic rings. The summed E-state index contributed by atoms with van der Waals surface area (Å²) in [6, 6.07) is 10.1. The van der Waals surface area contributed by atoms with Crippen molar-refractivity contribution < 1.29 is 13.9 Å². The Bertz CT molecular complexity index is 613. The van der Waals surface area contributed by atoms with Gasteiger partial charge in [0.2, 0.25) is 0 Å². The third-order valence-corrected chi connectivity index (χ3v) is 3.21. The Morgan fingerprint density at radius 1 is 1.15 bits per heavy atom. The maximum Gasteiger partial charge on any atom is 0.166 e. The number of hydrogen-bond donors (Lipinski definition) is 1. The fraction of sp³-hybridized carbons (Fsp3) is 0.200. The second-order valence-electron chi connectivity index (χ2n) is 4.45. The largest absolute Gasteiger partial charge is 0.486 e. The van der Waals surface area contributed by atoms with Gasteiger partial charge in [0.25, 0.3) is 0 Å². The van der Waals surface area contributed by atoms with Gasteiger partial charge in [0.05, 0.1) is 0 Å². The lowest BCUT2D eigenvalue weighted by Gasteiger charge is -2.21. The van der Waals surface area contributed by atoms with E-state index in [1.54, 1.807) is 6.07 Å². The highest BCUT2D eigenvalue weighted by atomic mass is 35.5. The minimum atomic E-state index is -0.366. The molecule has 0 aromatic heterocycles. The Morgan fingerprint density at radius 3 is 2.85 bits per heavy atom. The van der Waals surface area contributed by atoms with Crippen molar-refractivity contribution in [3.63, 3.8) is 0 Å². The van der Waals surface area contributed by atoms with Crippen molar-refractivity contribution in [1.29, 1.82) is 0 Å². The summed E-state index contributed by atoms with van der Waals surface area (Å²) < 4.78 is 24.4. The molecule has 1 N–H and O–H groups in total. The smallest absolute Gasteiger partial charge is 0.166 e. The van der Waals surface area contributed by atoms with Gasteiger partial charge in [-0.1, -0.05) is 23.7 Å². The molecule has 20 heavy (non-hydrogen) atoms. The molecule has 0 saturated carbocycles. The number of rotatable bonds is 3. The molecule has 2 aromatic rings. The highest BCUT2D eigenvalue weighted by Crippen LogP contribution is 2.34. The van der Waals surface area contributed by atoms with E-state index >= 15 is 0 Å². The van der Waals surface area contributed by atoms with E-state index in [-0.39, 0.29) is 5.82 Å². The van der Waals surface area contributed by atoms with Crippen LogP contribution in [-0.4, -0.2) is 13.2 Å². The van der Waals surface area contributed by atoms with Crippen LogP contribution in [0, 0.1) is 5.82 Å². The normalized spacial score (nSPS) is 13.1. The fourth-order valence-electron chi connectivity index (χ4n) is 2.13. The van der Waals surface area contributed by atoms with Crippen molar-refractivity contribution in [2.75, 3.05) is 18.5 Å². The number of benzene rings is 2. The lowest BCUT2D eigenvalue weighted by atomic mass is 10.1. The Morgan fingerprint density at radius 2 is 2.00 bits per heavy atom. The molecule has 0 aliphatic carbocycles. The summed E-state index contributed by atoms with van der Waals surface area (Å²) in [6.45, 7) is 1.60. The molecule has 5 heteroatoms. The number of hydrogen-bond acceptors (Lipinski definition) is 3. The van der Waals surface area contributed by atoms with Gasteiger partial charge in [0.15, 0.2) is 11.5 Å². The Hall–Kier alpha value is -1.94. The summed E-state index contributed by atoms with van der Waals surface area (Å²) in [7, 11) is 0. The molecule has 0 atom stereocenters. The molecule has 0 spiro atoms. The van der Waals surface area contributed by atoms with Crippen LogP contribution in [-0.2, 0) is 6.54 Å². The molecular formula is C15H13ClFNO2. The zero-order valence-corrected chi connectivity index (χ0v) is 11.4. The Labute approximate surface area is 121 Å². The van der Waals surface area contributed by atoms with E-state index < -0.39 is 0 Å². The predicted molar refractivity (Wildman–Crippen MR) is 76.2 cm³/mol. The summed E-state index contributed by atoms with van der Waals surface area (Å²) in [4.78, 5) is 0. The van der Waals surface area contributed by atoms with Crippen molar-refractivity contribution in [1.82, 2.24) is 0 Å². The zero-order chi connectivity index (χ0) is 13.9. The standard InChI is InChI=1S/C15H13ClFNO2/c16-11-6-12(17)8-13(7-11)18-9-10-2-1-3-14-15(10)20-5-4-19-14/h1-3,6-8,18H,4-5,9H2. The first-order chi connectivity index (χ1) is 9.72. The number of ether oxygens (including phenoxy) is 2. The maximum atomic E-state index is 13.3. The molecule has 0 fully saturated rings. The second kappa shape index (κ2) is 5.59. The molecule has 2 aromatic carbocycles. The van der Waals surface area contributed by atoms with E-state index in [1.807, 2.05) is 18.2 Å². The van der Waals surface area contributed by atoms with Crippen LogP contribution in [0.4, 0.5) is 10.1 Å². The van der Waals surface area contributed by atoms with E-state index in [9.17, 15) is 4.39 Å². The minimum absolute atomic E-state index is 0.363. The summed E-state index contributed by atoms with van der Waals surface area (Å²) in [5, 5.41) is 3.50. The first kappa shape index (κ1) is 13.1. The maximum absolute atomic E-state index is 13.3. The van der Waals surface area contributed by atoms with Gasteiger partial charge in [-0.15, -0.1) is 0 Å². The summed E-state index contributed by atoms with van der Waals surface area (Å²) >= 11 is 5.82. The van der Waals surface area contributed by atoms with Crippen LogP contribution in [0.15, 0.2) is 36.4 Å². The molecule has 0 radical (unpaired) electrons. The molecule has 104 valence electrons. The first-order valence-corrected chi connectivity index (χ1v) is 6.67. The van der Waals surface area contributed by atoms with E-state index in [0.717, 1.165) is 17.1 Å². The SMILES string of the molecule is Fc1cc(Cl)cc(NCc2cccc3c2OCCO3)c1. The molecular weight excluding hydrogens is 281 g/mol. The highest BCUT2D eigenvalue weighted by Gasteiger charge is 2.15. The molecule has 0 saturated heterocycles. The van der Waals surface area contributed by atoms with Gasteiger partial charge in [-0.3, -0.25) is 0 Å². The van der Waals surface area contributed by atoms with Gasteiger partial charge in [-0.2, -0.15) is 0 Å². The third-order valence-electron chi connectivity index (χ3n) is 2.99. The first-order valence-electron chi connectivity index (χ1n) is 6.30. The number of para-hydroxylation sites is 1. The van der Waals surface area contributed by atoms with Crippen LogP contribution >= 0.6 is 11.6 Å². The summed E-state index contributed by atoms with van der Waals surface area (Å²) in [6.07, 6.45) is 0. The minimum Gasteiger partial charge on any atom is -0.486 e. The van der Waals surface area contributed by atoms with Crippen molar-refractivity contribution >= 4 is 17.3 Å². The zero-order valence-electron chi connectivity index (χ0n) is 10.7. The van der Waals surface area contributed by atoms with Crippen molar-refractivity contribution in [3.05, 3.63) is 52.8 Å². The van der Waals surface area contributed by atoms with Gasteiger partial charge < -0.3 is 14.8 Å². The average Bonchev–Trinajstić information content (AvgIpc) is 2.44. The van der Waals surface area contributed by atoms with Crippen molar-refractivity contribution in [2.45, 2.75) is 6.54 Å². The highest BCUT2D eigenvalue weighted by molar-refractivity contribution is 6.30. The number of fused-ring (bicyclic) bond motifs is 1. The number of halogens is 2. The van der Waals surface area contributed by atoms with Gasteiger partial charge in [-0.25, -0.2) is 4.39 Å². The van der Waals surface area contributed by atoms with Crippen LogP contribution in [0.3, 0.4) is 0 Å². The van der Waals surface area contributed by atoms with Gasteiger partial charge in [0, 0.05) is 22.8 Å². The summed E-state index contributed by atoms with van der Waals surface area (Å²) in [5.41, 5.74) is 1.59. The van der Waals surface area contributed by atoms with Crippen LogP contribution in [0.2, 0.25) is 5.02 Å². The number of anilines is 1. The van der Waals surface area contributed by atoms with Crippen LogP contribution < -0.4 is 14.8 Å². The molecule has 3 nitrogen and oxygen atoms in total.